The molecule has 27 heteroatoms. The number of imidazole rings is 1. The number of nitrogen functional groups attached to an aromatic ring is 1. The van der Waals surface area contributed by atoms with Gasteiger partial charge in [-0.3, -0.25) is 18.0 Å². The van der Waals surface area contributed by atoms with Crippen molar-refractivity contribution >= 4 is 55.1 Å². The molecule has 10 N–H and O–H groups in total. The van der Waals surface area contributed by atoms with Gasteiger partial charge in [-0.15, -0.1) is 0 Å². The molecule has 1 saturated heterocycles. The summed E-state index contributed by atoms with van der Waals surface area (Å²) >= 11 is 0. The maximum Gasteiger partial charge on any atom is 0.642 e. The molecule has 0 aromatic carbocycles. The molecule has 0 aliphatic carbocycles. The van der Waals surface area contributed by atoms with E-state index in [1.165, 1.54) is 0 Å². The number of ether oxygens (including phenoxy) is 1. The number of aliphatic hydroxyl groups is 2. The van der Waals surface area contributed by atoms with E-state index >= 15 is 0 Å². The maximum absolute atomic E-state index is 12.8. The molecule has 2 aromatic rings. The fourth-order valence-corrected chi connectivity index (χ4v) is 6.86. The van der Waals surface area contributed by atoms with Crippen molar-refractivity contribution in [1.82, 2.24) is 19.5 Å². The van der Waals surface area contributed by atoms with Gasteiger partial charge in [-0.2, -0.15) is 8.62 Å². The summed E-state index contributed by atoms with van der Waals surface area (Å²) in [6, 6.07) is 0. The van der Waals surface area contributed by atoms with E-state index in [0.29, 0.717) is 0 Å². The van der Waals surface area contributed by atoms with Gasteiger partial charge in [0, 0.05) is 0 Å². The molecule has 1 aliphatic heterocycles. The summed E-state index contributed by atoms with van der Waals surface area (Å²) in [6.45, 7) is -1.17. The summed E-state index contributed by atoms with van der Waals surface area (Å²) in [6.07, 6.45) is -4.41. The second-order valence-corrected chi connectivity index (χ2v) is 11.6. The minimum Gasteiger partial charge on any atom is -0.401 e. The molecule has 0 spiro atoms. The standard InChI is InChI=1S/C10H18B2N5O17P3/c13-8-5-9(15-2-14-8)17(3-16-5)10-7(19)6(18)4(30-10)1-29-36(27,33-35(24,25)26)34-37(28,31-11(20)21)32-12(22)23/h2-4,6-7,10,18-23H,1H2,(H2,13,14,15)(H2,24,25,26)/t4-,6-,7-,10-,36?/m1/s1. The van der Waals surface area contributed by atoms with Crippen molar-refractivity contribution < 1.29 is 80.6 Å². The van der Waals surface area contributed by atoms with Gasteiger partial charge in [-0.1, -0.05) is 0 Å². The molecule has 3 heterocycles. The lowest BCUT2D eigenvalue weighted by molar-refractivity contribution is -0.0502. The van der Waals surface area contributed by atoms with Crippen LogP contribution in [0.2, 0.25) is 0 Å². The average Bonchev–Trinajstić information content (AvgIpc) is 3.26. The van der Waals surface area contributed by atoms with Crippen molar-refractivity contribution in [2.45, 2.75) is 24.5 Å². The smallest absolute Gasteiger partial charge is 0.401 e. The summed E-state index contributed by atoms with van der Waals surface area (Å²) in [4.78, 5) is 29.7. The predicted octanol–water partition coefficient (Wildman–Crippen LogP) is -3.64. The Labute approximate surface area is 205 Å². The van der Waals surface area contributed by atoms with E-state index in [1.54, 1.807) is 0 Å². The van der Waals surface area contributed by atoms with Crippen LogP contribution in [0.15, 0.2) is 12.7 Å². The van der Waals surface area contributed by atoms with E-state index < -0.39 is 69.3 Å². The van der Waals surface area contributed by atoms with E-state index in [0.717, 1.165) is 17.2 Å². The first-order valence-corrected chi connectivity index (χ1v) is 13.8. The third-order valence-electron chi connectivity index (χ3n) is 4.25. The Morgan fingerprint density at radius 3 is 2.16 bits per heavy atom. The molecule has 206 valence electrons. The van der Waals surface area contributed by atoms with Gasteiger partial charge in [0.05, 0.1) is 12.9 Å². The number of rotatable bonds is 12. The summed E-state index contributed by atoms with van der Waals surface area (Å²) in [5.74, 6) is -0.0146. The van der Waals surface area contributed by atoms with Crippen LogP contribution in [0.3, 0.4) is 0 Å². The van der Waals surface area contributed by atoms with Crippen LogP contribution >= 0.6 is 23.5 Å². The molecule has 1 aliphatic rings. The van der Waals surface area contributed by atoms with Crippen LogP contribution in [0, 0.1) is 0 Å². The largest absolute Gasteiger partial charge is 0.642 e. The molecular formula is C10H18B2N5O17P3. The van der Waals surface area contributed by atoms with Crippen LogP contribution in [0.25, 0.3) is 11.2 Å². The Balaban J connectivity index is 1.82. The van der Waals surface area contributed by atoms with Gasteiger partial charge >= 0.3 is 38.1 Å². The molecule has 3 rings (SSSR count). The van der Waals surface area contributed by atoms with E-state index in [1.807, 2.05) is 0 Å². The quantitative estimate of drug-likeness (QED) is 0.0844. The normalized spacial score (nSPS) is 24.3. The highest BCUT2D eigenvalue weighted by atomic mass is 31.3. The molecule has 0 bridgehead atoms. The lowest BCUT2D eigenvalue weighted by Gasteiger charge is -2.24. The molecular weight excluding hydrogens is 577 g/mol. The molecule has 0 amide bonds. The maximum atomic E-state index is 12.8. The third kappa shape index (κ3) is 7.60. The van der Waals surface area contributed by atoms with Crippen molar-refractivity contribution in [3.63, 3.8) is 0 Å². The second-order valence-electron chi connectivity index (χ2n) is 6.84. The molecule has 2 aromatic heterocycles. The zero-order valence-electron chi connectivity index (χ0n) is 17.8. The number of aromatic nitrogens is 4. The fraction of sp³-hybridized carbons (Fsp3) is 0.500. The summed E-state index contributed by atoms with van der Waals surface area (Å²) in [5, 5.41) is 56.0. The zero-order chi connectivity index (χ0) is 27.8. The molecule has 0 radical (unpaired) electrons. The van der Waals surface area contributed by atoms with Crippen LogP contribution < -0.4 is 5.73 Å². The highest BCUT2D eigenvalue weighted by Gasteiger charge is 2.51. The number of anilines is 1. The lowest BCUT2D eigenvalue weighted by Crippen LogP contribution is -2.33. The predicted molar refractivity (Wildman–Crippen MR) is 114 cm³/mol. The summed E-state index contributed by atoms with van der Waals surface area (Å²) < 4.78 is 63.4. The molecule has 1 fully saturated rings. The monoisotopic (exact) mass is 595 g/mol. The second kappa shape index (κ2) is 11.4. The van der Waals surface area contributed by atoms with Crippen molar-refractivity contribution in [1.29, 1.82) is 0 Å². The van der Waals surface area contributed by atoms with E-state index in [2.05, 4.69) is 37.0 Å². The molecule has 1 unspecified atom stereocenters. The van der Waals surface area contributed by atoms with Gasteiger partial charge in [0.2, 0.25) is 0 Å². The Morgan fingerprint density at radius 1 is 0.973 bits per heavy atom. The number of nitrogens with zero attached hydrogens (tertiary/aromatic N) is 4. The van der Waals surface area contributed by atoms with Crippen molar-refractivity contribution in [2.24, 2.45) is 0 Å². The van der Waals surface area contributed by atoms with Crippen LogP contribution in [0.4, 0.5) is 5.82 Å². The van der Waals surface area contributed by atoms with Gasteiger partial charge in [0.25, 0.3) is 0 Å². The number of fused-ring (bicyclic) bond motifs is 1. The minimum atomic E-state index is -5.85. The van der Waals surface area contributed by atoms with Gasteiger partial charge in [0.15, 0.2) is 17.7 Å². The zero-order valence-corrected chi connectivity index (χ0v) is 20.5. The van der Waals surface area contributed by atoms with Crippen LogP contribution in [-0.4, -0.2) is 99.2 Å². The number of aliphatic hydroxyl groups excluding tert-OH is 2. The Hall–Kier alpha value is -1.39. The lowest BCUT2D eigenvalue weighted by atomic mass is 10.1. The van der Waals surface area contributed by atoms with E-state index in [-0.39, 0.29) is 17.0 Å². The third-order valence-corrected chi connectivity index (χ3v) is 8.86. The first kappa shape index (κ1) is 30.2. The van der Waals surface area contributed by atoms with Crippen molar-refractivity contribution in [3.05, 3.63) is 12.7 Å². The van der Waals surface area contributed by atoms with E-state index in [4.69, 9.17) is 40.4 Å². The Kier molecular flexibility index (Phi) is 9.28. The van der Waals surface area contributed by atoms with Gasteiger partial charge in [0.1, 0.15) is 30.2 Å². The average molecular weight is 595 g/mol. The minimum absolute atomic E-state index is 0.0146. The number of nitrogens with two attached hydrogens (primary N) is 1. The van der Waals surface area contributed by atoms with Crippen LogP contribution in [-0.2, 0) is 40.5 Å². The van der Waals surface area contributed by atoms with E-state index in [9.17, 15) is 23.9 Å². The van der Waals surface area contributed by atoms with Gasteiger partial charge in [-0.05, 0) is 0 Å². The number of hydrogen-bond acceptors (Lipinski definition) is 19. The summed E-state index contributed by atoms with van der Waals surface area (Å²) in [7, 11) is -23.5. The number of phosphoric acid groups is 3. The van der Waals surface area contributed by atoms with Gasteiger partial charge in [-0.25, -0.2) is 28.6 Å². The molecule has 0 saturated carbocycles. The highest BCUT2D eigenvalue weighted by Crippen LogP contribution is 2.71. The Bertz CT molecular complexity index is 1230. The topological polar surface area (TPSA) is 338 Å². The SMILES string of the molecule is Nc1ncnc2c1ncn2[C@@H]1O[C@H](COP(=O)(OP(=O)(O)O)OP(=O)(OB(O)O)OB(O)O)[C@@H](O)[C@H]1O. The van der Waals surface area contributed by atoms with Crippen molar-refractivity contribution in [3.8, 4) is 0 Å². The van der Waals surface area contributed by atoms with Crippen LogP contribution in [0.5, 0.6) is 0 Å². The number of hydrogen-bond donors (Lipinski definition) is 9. The van der Waals surface area contributed by atoms with Gasteiger partial charge < -0.3 is 50.6 Å². The molecule has 5 atom stereocenters. The first-order chi connectivity index (χ1) is 17.0. The molecule has 22 nitrogen and oxygen atoms in total. The fourth-order valence-electron chi connectivity index (χ4n) is 2.93. The van der Waals surface area contributed by atoms with Crippen LogP contribution in [0.1, 0.15) is 6.23 Å². The van der Waals surface area contributed by atoms with Crippen molar-refractivity contribution in [2.75, 3.05) is 12.3 Å². The highest BCUT2D eigenvalue weighted by molar-refractivity contribution is 7.68. The Morgan fingerprint density at radius 2 is 1.59 bits per heavy atom. The summed E-state index contributed by atoms with van der Waals surface area (Å²) in [5.41, 5.74) is 5.88. The first-order valence-electron chi connectivity index (χ1n) is 9.39. The molecule has 37 heavy (non-hydrogen) atoms.